The van der Waals surface area contributed by atoms with E-state index in [4.69, 9.17) is 4.42 Å². The van der Waals surface area contributed by atoms with E-state index < -0.39 is 5.76 Å². The fourth-order valence-corrected chi connectivity index (χ4v) is 1.93. The van der Waals surface area contributed by atoms with Crippen molar-refractivity contribution in [1.29, 1.82) is 0 Å². The van der Waals surface area contributed by atoms with Crippen LogP contribution in [0.5, 0.6) is 0 Å². The number of carbonyl (C=O) groups excluding carboxylic acids is 1. The van der Waals surface area contributed by atoms with Crippen LogP contribution in [0.2, 0.25) is 0 Å². The van der Waals surface area contributed by atoms with Crippen LogP contribution in [0.3, 0.4) is 0 Å². The van der Waals surface area contributed by atoms with Crippen LogP contribution in [0.1, 0.15) is 31.8 Å². The molecule has 114 valence electrons. The van der Waals surface area contributed by atoms with Gasteiger partial charge in [-0.3, -0.25) is 10.1 Å². The molecule has 0 spiro atoms. The van der Waals surface area contributed by atoms with Gasteiger partial charge in [-0.15, -0.1) is 0 Å². The van der Waals surface area contributed by atoms with Crippen LogP contribution < -0.4 is 10.6 Å². The smallest absolute Gasteiger partial charge is 0.284 e. The Hall–Kier alpha value is -1.08. The fraction of sp³-hybridized carbons (Fsp3) is 0.615. The largest absolute Gasteiger partial charge is 0.464 e. The highest BCUT2D eigenvalue weighted by Crippen LogP contribution is 2.21. The minimum Gasteiger partial charge on any atom is -0.464 e. The monoisotopic (exact) mass is 306 g/mol. The third kappa shape index (κ3) is 6.38. The molecule has 1 atom stereocenters. The number of hydrogen-bond acceptors (Lipinski definition) is 4. The van der Waals surface area contributed by atoms with E-state index in [1.54, 1.807) is 19.1 Å². The number of rotatable bonds is 9. The molecule has 0 radical (unpaired) electrons. The zero-order chi connectivity index (χ0) is 15.0. The number of nitrogens with one attached hydrogen (secondary N) is 2. The molecule has 0 fully saturated rings. The molecule has 1 aromatic heterocycles. The van der Waals surface area contributed by atoms with Gasteiger partial charge in [-0.1, -0.05) is 18.7 Å². The van der Waals surface area contributed by atoms with Gasteiger partial charge in [0.1, 0.15) is 11.5 Å². The van der Waals surface area contributed by atoms with Gasteiger partial charge < -0.3 is 9.73 Å². The summed E-state index contributed by atoms with van der Waals surface area (Å²) in [6.45, 7) is 4.79. The van der Waals surface area contributed by atoms with Crippen molar-refractivity contribution in [2.45, 2.75) is 44.4 Å². The quantitative estimate of drug-likeness (QED) is 0.736. The van der Waals surface area contributed by atoms with Crippen LogP contribution in [-0.2, 0) is 17.1 Å². The number of thioether (sulfide) groups is 1. The Bertz CT molecular complexity index is 413. The number of alkyl halides is 2. The van der Waals surface area contributed by atoms with Crippen LogP contribution in [-0.4, -0.2) is 24.3 Å². The first-order chi connectivity index (χ1) is 9.52. The summed E-state index contributed by atoms with van der Waals surface area (Å²) >= 11 is 0.524. The molecule has 0 saturated heterocycles. The van der Waals surface area contributed by atoms with Gasteiger partial charge in [0, 0.05) is 6.54 Å². The Balaban J connectivity index is 2.32. The van der Waals surface area contributed by atoms with E-state index in [9.17, 15) is 13.6 Å². The topological polar surface area (TPSA) is 54.3 Å². The summed E-state index contributed by atoms with van der Waals surface area (Å²) in [5.74, 6) is -1.18. The summed E-state index contributed by atoms with van der Waals surface area (Å²) in [6, 6.07) is 3.07. The van der Waals surface area contributed by atoms with E-state index >= 15 is 0 Å². The molecule has 0 aliphatic heterocycles. The second-order valence-electron chi connectivity index (χ2n) is 4.33. The minimum absolute atomic E-state index is 0.0631. The van der Waals surface area contributed by atoms with Crippen LogP contribution in [0.25, 0.3) is 0 Å². The first-order valence-electron chi connectivity index (χ1n) is 6.51. The lowest BCUT2D eigenvalue weighted by Crippen LogP contribution is -2.41. The van der Waals surface area contributed by atoms with Crippen LogP contribution in [0.4, 0.5) is 8.78 Å². The van der Waals surface area contributed by atoms with Gasteiger partial charge in [-0.25, -0.2) is 0 Å². The summed E-state index contributed by atoms with van der Waals surface area (Å²) < 4.78 is 29.5. The van der Waals surface area contributed by atoms with Crippen LogP contribution in [0.15, 0.2) is 16.5 Å². The van der Waals surface area contributed by atoms with Crippen molar-refractivity contribution >= 4 is 17.7 Å². The number of carbonyl (C=O) groups is 1. The number of halogens is 2. The van der Waals surface area contributed by atoms with Crippen molar-refractivity contribution in [1.82, 2.24) is 10.6 Å². The molecule has 7 heteroatoms. The van der Waals surface area contributed by atoms with Crippen molar-refractivity contribution < 1.29 is 18.0 Å². The molecule has 0 aliphatic rings. The molecule has 20 heavy (non-hydrogen) atoms. The summed E-state index contributed by atoms with van der Waals surface area (Å²) in [4.78, 5) is 11.6. The van der Waals surface area contributed by atoms with Gasteiger partial charge in [0.05, 0.1) is 18.3 Å². The maximum absolute atomic E-state index is 12.0. The van der Waals surface area contributed by atoms with Crippen molar-refractivity contribution in [2.75, 3.05) is 6.54 Å². The van der Waals surface area contributed by atoms with E-state index in [1.807, 2.05) is 6.92 Å². The molecule has 1 amide bonds. The first-order valence-corrected chi connectivity index (χ1v) is 7.56. The molecule has 0 bridgehead atoms. The predicted molar refractivity (Wildman–Crippen MR) is 75.6 cm³/mol. The second kappa shape index (κ2) is 8.97. The van der Waals surface area contributed by atoms with Crippen molar-refractivity contribution in [3.8, 4) is 0 Å². The summed E-state index contributed by atoms with van der Waals surface area (Å²) in [7, 11) is 0. The molecule has 0 saturated carbocycles. The first kappa shape index (κ1) is 17.0. The van der Waals surface area contributed by atoms with E-state index in [-0.39, 0.29) is 17.7 Å². The van der Waals surface area contributed by atoms with E-state index in [0.717, 1.165) is 6.42 Å². The van der Waals surface area contributed by atoms with Gasteiger partial charge in [-0.05, 0) is 25.5 Å². The molecule has 1 unspecified atom stereocenters. The van der Waals surface area contributed by atoms with Gasteiger partial charge >= 0.3 is 0 Å². The lowest BCUT2D eigenvalue weighted by molar-refractivity contribution is -0.122. The molecular weight excluding hydrogens is 286 g/mol. The molecule has 0 aromatic carbocycles. The second-order valence-corrected chi connectivity index (χ2v) is 5.31. The third-order valence-corrected chi connectivity index (χ3v) is 3.30. The average molecular weight is 306 g/mol. The van der Waals surface area contributed by atoms with Crippen LogP contribution >= 0.6 is 11.8 Å². The molecular formula is C13H20F2N2O2S. The number of hydrogen-bond donors (Lipinski definition) is 2. The molecule has 2 N–H and O–H groups in total. The average Bonchev–Trinajstić information content (AvgIpc) is 2.87. The predicted octanol–water partition coefficient (Wildman–Crippen LogP) is 2.74. The number of furan rings is 1. The highest BCUT2D eigenvalue weighted by atomic mass is 32.2. The summed E-state index contributed by atoms with van der Waals surface area (Å²) in [5.41, 5.74) is 0. The zero-order valence-electron chi connectivity index (χ0n) is 11.6. The normalized spacial score (nSPS) is 12.7. The third-order valence-electron chi connectivity index (χ3n) is 2.59. The Labute approximate surface area is 121 Å². The molecule has 1 heterocycles. The minimum atomic E-state index is -2.40. The maximum Gasteiger partial charge on any atom is 0.284 e. The molecule has 1 aromatic rings. The maximum atomic E-state index is 12.0. The van der Waals surface area contributed by atoms with E-state index in [2.05, 4.69) is 10.6 Å². The lowest BCUT2D eigenvalue weighted by Gasteiger charge is -2.12. The standard InChI is InChI=1S/C13H20F2N2O2S/c1-3-6-16-12(18)9(2)17-7-10-4-5-11(19-10)8-20-13(14)15/h4-5,9,13,17H,3,6-8H2,1-2H3,(H,16,18). The van der Waals surface area contributed by atoms with Crippen molar-refractivity contribution in [3.63, 3.8) is 0 Å². The highest BCUT2D eigenvalue weighted by Gasteiger charge is 2.12. The molecule has 4 nitrogen and oxygen atoms in total. The fourth-order valence-electron chi connectivity index (χ4n) is 1.49. The Morgan fingerprint density at radius 1 is 1.40 bits per heavy atom. The van der Waals surface area contributed by atoms with Gasteiger partial charge in [-0.2, -0.15) is 8.78 Å². The Kier molecular flexibility index (Phi) is 7.61. The molecule has 0 aliphatic carbocycles. The van der Waals surface area contributed by atoms with E-state index in [1.165, 1.54) is 0 Å². The lowest BCUT2D eigenvalue weighted by atomic mass is 10.3. The van der Waals surface area contributed by atoms with Crippen LogP contribution in [0, 0.1) is 0 Å². The van der Waals surface area contributed by atoms with E-state index in [0.29, 0.717) is 36.4 Å². The molecule has 1 rings (SSSR count). The summed E-state index contributed by atoms with van der Waals surface area (Å²) in [5, 5.41) is 5.81. The van der Waals surface area contributed by atoms with Gasteiger partial charge in [0.2, 0.25) is 5.91 Å². The Morgan fingerprint density at radius 2 is 2.10 bits per heavy atom. The van der Waals surface area contributed by atoms with Gasteiger partial charge in [0.15, 0.2) is 0 Å². The van der Waals surface area contributed by atoms with Crippen molar-refractivity contribution in [3.05, 3.63) is 23.7 Å². The summed E-state index contributed by atoms with van der Waals surface area (Å²) in [6.07, 6.45) is 0.891. The SMILES string of the molecule is CCCNC(=O)C(C)NCc1ccc(CSC(F)F)o1. The Morgan fingerprint density at radius 3 is 2.75 bits per heavy atom. The van der Waals surface area contributed by atoms with Crippen molar-refractivity contribution in [2.24, 2.45) is 0 Å². The highest BCUT2D eigenvalue weighted by molar-refractivity contribution is 7.98. The number of amides is 1. The van der Waals surface area contributed by atoms with Gasteiger partial charge in [0.25, 0.3) is 5.76 Å². The zero-order valence-corrected chi connectivity index (χ0v) is 12.4.